The number of benzene rings is 1. The highest BCUT2D eigenvalue weighted by Crippen LogP contribution is 2.25. The molecule has 0 radical (unpaired) electrons. The molecule has 1 amide bonds. The minimum Gasteiger partial charge on any atom is -0.504 e. The first-order valence-electron chi connectivity index (χ1n) is 5.61. The standard InChI is InChI=1S/C12H12N4O4/c1-7-11(16-20-15-7)12(18)14-13-6-8-3-4-9(17)10(5-8)19-2/h3-6,17H,1-2H3,(H,14,18). The number of nitrogens with zero attached hydrogens (tertiary/aromatic N) is 3. The van der Waals surface area contributed by atoms with Crippen LogP contribution < -0.4 is 10.2 Å². The van der Waals surface area contributed by atoms with Crippen molar-refractivity contribution in [1.82, 2.24) is 15.7 Å². The van der Waals surface area contributed by atoms with E-state index in [4.69, 9.17) is 4.74 Å². The quantitative estimate of drug-likeness (QED) is 0.633. The molecule has 1 heterocycles. The van der Waals surface area contributed by atoms with Crippen molar-refractivity contribution in [2.75, 3.05) is 7.11 Å². The van der Waals surface area contributed by atoms with E-state index in [1.54, 1.807) is 19.1 Å². The molecule has 0 aliphatic carbocycles. The second kappa shape index (κ2) is 5.83. The molecule has 0 unspecified atom stereocenters. The van der Waals surface area contributed by atoms with Crippen LogP contribution in [0.5, 0.6) is 11.5 Å². The number of aromatic hydroxyl groups is 1. The maximum absolute atomic E-state index is 11.6. The Hall–Kier alpha value is -2.90. The molecule has 104 valence electrons. The third-order valence-electron chi connectivity index (χ3n) is 2.45. The van der Waals surface area contributed by atoms with Crippen LogP contribution in [-0.2, 0) is 0 Å². The molecule has 2 rings (SSSR count). The van der Waals surface area contributed by atoms with Crippen molar-refractivity contribution in [2.24, 2.45) is 5.10 Å². The Morgan fingerprint density at radius 1 is 1.50 bits per heavy atom. The summed E-state index contributed by atoms with van der Waals surface area (Å²) in [7, 11) is 1.44. The lowest BCUT2D eigenvalue weighted by molar-refractivity contribution is 0.0945. The molecule has 20 heavy (non-hydrogen) atoms. The highest BCUT2D eigenvalue weighted by Gasteiger charge is 2.13. The zero-order valence-corrected chi connectivity index (χ0v) is 10.8. The number of carbonyl (C=O) groups is 1. The Morgan fingerprint density at radius 2 is 2.30 bits per heavy atom. The number of phenols is 1. The van der Waals surface area contributed by atoms with E-state index in [0.29, 0.717) is 17.0 Å². The number of nitrogens with one attached hydrogen (secondary N) is 1. The van der Waals surface area contributed by atoms with Crippen LogP contribution in [0.25, 0.3) is 0 Å². The van der Waals surface area contributed by atoms with Gasteiger partial charge in [0.2, 0.25) is 0 Å². The predicted molar refractivity (Wildman–Crippen MR) is 68.8 cm³/mol. The van der Waals surface area contributed by atoms with Crippen LogP contribution in [0.2, 0.25) is 0 Å². The molecule has 0 bridgehead atoms. The first kappa shape index (κ1) is 13.5. The van der Waals surface area contributed by atoms with Gasteiger partial charge in [0.1, 0.15) is 5.69 Å². The summed E-state index contributed by atoms with van der Waals surface area (Å²) in [5.41, 5.74) is 3.39. The summed E-state index contributed by atoms with van der Waals surface area (Å²) in [6, 6.07) is 4.66. The molecule has 0 saturated heterocycles. The summed E-state index contributed by atoms with van der Waals surface area (Å²) in [5.74, 6) is -0.180. The second-order valence-corrected chi connectivity index (χ2v) is 3.83. The van der Waals surface area contributed by atoms with E-state index >= 15 is 0 Å². The Kier molecular flexibility index (Phi) is 3.94. The summed E-state index contributed by atoms with van der Waals surface area (Å²) in [4.78, 5) is 11.6. The molecule has 0 fully saturated rings. The van der Waals surface area contributed by atoms with Gasteiger partial charge in [-0.1, -0.05) is 5.16 Å². The average molecular weight is 276 g/mol. The number of methoxy groups -OCH3 is 1. The van der Waals surface area contributed by atoms with E-state index in [1.807, 2.05) is 0 Å². The molecular weight excluding hydrogens is 264 g/mol. The number of hydrazone groups is 1. The normalized spacial score (nSPS) is 10.7. The first-order chi connectivity index (χ1) is 9.61. The molecule has 2 aromatic rings. The Morgan fingerprint density at radius 3 is 2.95 bits per heavy atom. The molecule has 0 aliphatic heterocycles. The molecule has 0 spiro atoms. The van der Waals surface area contributed by atoms with E-state index < -0.39 is 5.91 Å². The van der Waals surface area contributed by atoms with Gasteiger partial charge in [-0.2, -0.15) is 5.10 Å². The van der Waals surface area contributed by atoms with Gasteiger partial charge in [-0.3, -0.25) is 4.79 Å². The van der Waals surface area contributed by atoms with E-state index in [1.165, 1.54) is 19.4 Å². The molecule has 0 atom stereocenters. The Balaban J connectivity index is 2.04. The van der Waals surface area contributed by atoms with Gasteiger partial charge in [0.05, 0.1) is 13.3 Å². The number of hydrogen-bond acceptors (Lipinski definition) is 7. The van der Waals surface area contributed by atoms with Gasteiger partial charge in [0.25, 0.3) is 5.91 Å². The summed E-state index contributed by atoms with van der Waals surface area (Å²) in [6.45, 7) is 1.60. The van der Waals surface area contributed by atoms with E-state index in [0.717, 1.165) is 0 Å². The number of aryl methyl sites for hydroxylation is 1. The minimum atomic E-state index is -0.522. The van der Waals surface area contributed by atoms with Crippen LogP contribution in [0, 0.1) is 6.92 Å². The highest BCUT2D eigenvalue weighted by atomic mass is 16.6. The van der Waals surface area contributed by atoms with Crippen molar-refractivity contribution in [2.45, 2.75) is 6.92 Å². The number of carbonyl (C=O) groups excluding carboxylic acids is 1. The fourth-order valence-corrected chi connectivity index (χ4v) is 1.43. The van der Waals surface area contributed by atoms with Crippen molar-refractivity contribution in [3.63, 3.8) is 0 Å². The van der Waals surface area contributed by atoms with Gasteiger partial charge in [-0.05, 0) is 35.8 Å². The van der Waals surface area contributed by atoms with Crippen LogP contribution >= 0.6 is 0 Å². The van der Waals surface area contributed by atoms with Crippen LogP contribution in [0.15, 0.2) is 27.9 Å². The molecule has 0 saturated carbocycles. The largest absolute Gasteiger partial charge is 0.504 e. The van der Waals surface area contributed by atoms with E-state index in [2.05, 4.69) is 25.5 Å². The maximum Gasteiger partial charge on any atom is 0.295 e. The number of phenolic OH excluding ortho intramolecular Hbond substituents is 1. The van der Waals surface area contributed by atoms with Crippen molar-refractivity contribution in [1.29, 1.82) is 0 Å². The van der Waals surface area contributed by atoms with Crippen molar-refractivity contribution < 1.29 is 19.3 Å². The van der Waals surface area contributed by atoms with Gasteiger partial charge in [-0.25, -0.2) is 10.1 Å². The van der Waals surface area contributed by atoms with Crippen molar-refractivity contribution in [3.05, 3.63) is 35.2 Å². The number of ether oxygens (including phenoxy) is 1. The molecule has 0 aliphatic rings. The summed E-state index contributed by atoms with van der Waals surface area (Å²) < 4.78 is 9.38. The average Bonchev–Trinajstić information content (AvgIpc) is 2.87. The predicted octanol–water partition coefficient (Wildman–Crippen LogP) is 0.856. The van der Waals surface area contributed by atoms with Gasteiger partial charge in [0, 0.05) is 0 Å². The molecule has 8 heteroatoms. The van der Waals surface area contributed by atoms with Gasteiger partial charge in [0.15, 0.2) is 17.2 Å². The van der Waals surface area contributed by atoms with Crippen molar-refractivity contribution >= 4 is 12.1 Å². The second-order valence-electron chi connectivity index (χ2n) is 3.83. The number of aromatic nitrogens is 2. The number of amides is 1. The molecular formula is C12H12N4O4. The topological polar surface area (TPSA) is 110 Å². The van der Waals surface area contributed by atoms with Crippen LogP contribution in [0.4, 0.5) is 0 Å². The third kappa shape index (κ3) is 2.91. The minimum absolute atomic E-state index is 0.0259. The molecule has 8 nitrogen and oxygen atoms in total. The van der Waals surface area contributed by atoms with Gasteiger partial charge >= 0.3 is 0 Å². The van der Waals surface area contributed by atoms with Crippen LogP contribution in [0.1, 0.15) is 21.7 Å². The maximum atomic E-state index is 11.6. The fourth-order valence-electron chi connectivity index (χ4n) is 1.43. The zero-order chi connectivity index (χ0) is 14.5. The number of hydrogen-bond donors (Lipinski definition) is 2. The summed E-state index contributed by atoms with van der Waals surface area (Å²) >= 11 is 0. The third-order valence-corrected chi connectivity index (χ3v) is 2.45. The first-order valence-corrected chi connectivity index (χ1v) is 5.61. The number of rotatable bonds is 4. The van der Waals surface area contributed by atoms with E-state index in [-0.39, 0.29) is 11.4 Å². The lowest BCUT2D eigenvalue weighted by atomic mass is 10.2. The zero-order valence-electron chi connectivity index (χ0n) is 10.8. The van der Waals surface area contributed by atoms with Crippen LogP contribution in [0.3, 0.4) is 0 Å². The van der Waals surface area contributed by atoms with Crippen LogP contribution in [-0.4, -0.2) is 34.7 Å². The SMILES string of the molecule is COc1cc(C=NNC(=O)c2nonc2C)ccc1O. The smallest absolute Gasteiger partial charge is 0.295 e. The Bertz CT molecular complexity index is 651. The highest BCUT2D eigenvalue weighted by molar-refractivity contribution is 5.93. The van der Waals surface area contributed by atoms with Crippen molar-refractivity contribution in [3.8, 4) is 11.5 Å². The fraction of sp³-hybridized carbons (Fsp3) is 0.167. The van der Waals surface area contributed by atoms with Gasteiger partial charge in [-0.15, -0.1) is 0 Å². The molecule has 1 aromatic carbocycles. The summed E-state index contributed by atoms with van der Waals surface area (Å²) in [6.07, 6.45) is 1.41. The summed E-state index contributed by atoms with van der Waals surface area (Å²) in [5, 5.41) is 20.2. The lowest BCUT2D eigenvalue weighted by Crippen LogP contribution is -2.19. The molecule has 2 N–H and O–H groups in total. The monoisotopic (exact) mass is 276 g/mol. The Labute approximate surface area is 114 Å². The van der Waals surface area contributed by atoms with E-state index in [9.17, 15) is 9.90 Å². The molecule has 1 aromatic heterocycles. The van der Waals surface area contributed by atoms with Gasteiger partial charge < -0.3 is 9.84 Å². The lowest BCUT2D eigenvalue weighted by Gasteiger charge is -2.03.